The van der Waals surface area contributed by atoms with E-state index in [2.05, 4.69) is 11.4 Å². The van der Waals surface area contributed by atoms with Gasteiger partial charge >= 0.3 is 0 Å². The van der Waals surface area contributed by atoms with Crippen molar-refractivity contribution in [1.29, 1.82) is 0 Å². The van der Waals surface area contributed by atoms with E-state index in [1.54, 1.807) is 5.57 Å². The fourth-order valence-electron chi connectivity index (χ4n) is 2.98. The molecule has 0 bridgehead atoms. The topological polar surface area (TPSA) is 38.0 Å². The summed E-state index contributed by atoms with van der Waals surface area (Å²) in [6, 6.07) is 1.13. The van der Waals surface area contributed by atoms with Crippen LogP contribution in [0.5, 0.6) is 0 Å². The van der Waals surface area contributed by atoms with Crippen molar-refractivity contribution in [2.75, 3.05) is 6.54 Å². The van der Waals surface area contributed by atoms with Gasteiger partial charge in [-0.2, -0.15) is 0 Å². The molecule has 0 aromatic carbocycles. The van der Waals surface area contributed by atoms with Crippen molar-refractivity contribution >= 4 is 0 Å². The van der Waals surface area contributed by atoms with Gasteiger partial charge in [0.05, 0.1) is 0 Å². The van der Waals surface area contributed by atoms with Crippen molar-refractivity contribution in [3.63, 3.8) is 0 Å². The summed E-state index contributed by atoms with van der Waals surface area (Å²) in [6.07, 6.45) is 14.2. The minimum atomic E-state index is 0.445. The van der Waals surface area contributed by atoms with Gasteiger partial charge in [-0.15, -0.1) is 0 Å². The number of nitrogens with one attached hydrogen (secondary N) is 1. The van der Waals surface area contributed by atoms with Crippen molar-refractivity contribution in [3.8, 4) is 0 Å². The van der Waals surface area contributed by atoms with Crippen LogP contribution in [0.3, 0.4) is 0 Å². The first-order valence-electron chi connectivity index (χ1n) is 7.01. The van der Waals surface area contributed by atoms with Gasteiger partial charge in [0.25, 0.3) is 0 Å². The standard InChI is InChI=1S/C14H26N2/c15-13-7-4-8-14(11-13)16-10-9-12-5-2-1-3-6-12/h5,13-14,16H,1-4,6-11,15H2. The van der Waals surface area contributed by atoms with Gasteiger partial charge in [0.2, 0.25) is 0 Å². The normalized spacial score (nSPS) is 31.2. The molecule has 2 rings (SSSR count). The molecule has 2 nitrogen and oxygen atoms in total. The molecule has 0 heterocycles. The third-order valence-electron chi connectivity index (χ3n) is 3.98. The summed E-state index contributed by atoms with van der Waals surface area (Å²) in [4.78, 5) is 0. The zero-order valence-corrected chi connectivity index (χ0v) is 10.4. The predicted molar refractivity (Wildman–Crippen MR) is 69.4 cm³/mol. The minimum Gasteiger partial charge on any atom is -0.328 e. The average molecular weight is 222 g/mol. The third kappa shape index (κ3) is 3.91. The maximum Gasteiger partial charge on any atom is 0.00819 e. The fourth-order valence-corrected chi connectivity index (χ4v) is 2.98. The van der Waals surface area contributed by atoms with E-state index in [0.29, 0.717) is 12.1 Å². The molecule has 2 aliphatic rings. The molecule has 2 aliphatic carbocycles. The first kappa shape index (κ1) is 12.1. The van der Waals surface area contributed by atoms with Crippen molar-refractivity contribution in [3.05, 3.63) is 11.6 Å². The summed E-state index contributed by atoms with van der Waals surface area (Å²) in [5, 5.41) is 3.68. The van der Waals surface area contributed by atoms with Crippen molar-refractivity contribution in [2.45, 2.75) is 69.9 Å². The van der Waals surface area contributed by atoms with Gasteiger partial charge in [-0.05, 0) is 57.9 Å². The molecule has 0 spiro atoms. The quantitative estimate of drug-likeness (QED) is 0.718. The number of hydrogen-bond donors (Lipinski definition) is 2. The van der Waals surface area contributed by atoms with E-state index in [1.165, 1.54) is 57.8 Å². The molecule has 3 N–H and O–H groups in total. The molecule has 0 radical (unpaired) electrons. The monoisotopic (exact) mass is 222 g/mol. The Bertz CT molecular complexity index is 235. The Balaban J connectivity index is 1.61. The summed E-state index contributed by atoms with van der Waals surface area (Å²) >= 11 is 0. The smallest absolute Gasteiger partial charge is 0.00819 e. The van der Waals surface area contributed by atoms with Crippen LogP contribution < -0.4 is 11.1 Å². The van der Waals surface area contributed by atoms with Crippen molar-refractivity contribution < 1.29 is 0 Å². The Morgan fingerprint density at radius 2 is 2.19 bits per heavy atom. The lowest BCUT2D eigenvalue weighted by Crippen LogP contribution is -2.39. The SMILES string of the molecule is NC1CCCC(NCCC2=CCCCC2)C1. The molecule has 0 aliphatic heterocycles. The van der Waals surface area contributed by atoms with E-state index in [9.17, 15) is 0 Å². The van der Waals surface area contributed by atoms with Gasteiger partial charge < -0.3 is 11.1 Å². The Morgan fingerprint density at radius 3 is 2.94 bits per heavy atom. The lowest BCUT2D eigenvalue weighted by Gasteiger charge is -2.27. The van der Waals surface area contributed by atoms with Gasteiger partial charge in [0.15, 0.2) is 0 Å². The molecule has 92 valence electrons. The molecule has 16 heavy (non-hydrogen) atoms. The van der Waals surface area contributed by atoms with E-state index in [0.717, 1.165) is 6.54 Å². The summed E-state index contributed by atoms with van der Waals surface area (Å²) < 4.78 is 0. The second-order valence-corrected chi connectivity index (χ2v) is 5.44. The summed E-state index contributed by atoms with van der Waals surface area (Å²) in [5.74, 6) is 0. The highest BCUT2D eigenvalue weighted by Crippen LogP contribution is 2.20. The second-order valence-electron chi connectivity index (χ2n) is 5.44. The zero-order chi connectivity index (χ0) is 11.2. The lowest BCUT2D eigenvalue weighted by molar-refractivity contribution is 0.340. The van der Waals surface area contributed by atoms with Crippen LogP contribution in [0.2, 0.25) is 0 Å². The Labute approximate surface area is 99.7 Å². The molecular formula is C14H26N2. The largest absolute Gasteiger partial charge is 0.328 e. The van der Waals surface area contributed by atoms with Crippen molar-refractivity contribution in [2.24, 2.45) is 5.73 Å². The molecule has 1 saturated carbocycles. The molecule has 2 heteroatoms. The third-order valence-corrected chi connectivity index (χ3v) is 3.98. The van der Waals surface area contributed by atoms with Crippen molar-refractivity contribution in [1.82, 2.24) is 5.32 Å². The van der Waals surface area contributed by atoms with E-state index in [-0.39, 0.29) is 0 Å². The molecule has 0 aromatic heterocycles. The molecule has 2 unspecified atom stereocenters. The predicted octanol–water partition coefficient (Wildman–Crippen LogP) is 2.74. The molecule has 1 fully saturated rings. The van der Waals surface area contributed by atoms with Gasteiger partial charge in [0.1, 0.15) is 0 Å². The fraction of sp³-hybridized carbons (Fsp3) is 0.857. The van der Waals surface area contributed by atoms with Crippen LogP contribution >= 0.6 is 0 Å². The van der Waals surface area contributed by atoms with E-state index in [1.807, 2.05) is 0 Å². The van der Waals surface area contributed by atoms with Gasteiger partial charge in [0, 0.05) is 12.1 Å². The number of rotatable bonds is 4. The van der Waals surface area contributed by atoms with Crippen LogP contribution in [0.25, 0.3) is 0 Å². The van der Waals surface area contributed by atoms with Crippen LogP contribution in [0.15, 0.2) is 11.6 Å². The lowest BCUT2D eigenvalue weighted by atomic mass is 9.91. The number of allylic oxidation sites excluding steroid dienone is 1. The Hall–Kier alpha value is -0.340. The molecule has 2 atom stereocenters. The summed E-state index contributed by atoms with van der Waals surface area (Å²) in [6.45, 7) is 1.16. The highest BCUT2D eigenvalue weighted by atomic mass is 14.9. The van der Waals surface area contributed by atoms with Crippen LogP contribution in [-0.2, 0) is 0 Å². The van der Waals surface area contributed by atoms with E-state index < -0.39 is 0 Å². The second kappa shape index (κ2) is 6.41. The summed E-state index contributed by atoms with van der Waals surface area (Å²) in [7, 11) is 0. The van der Waals surface area contributed by atoms with Crippen LogP contribution in [-0.4, -0.2) is 18.6 Å². The number of nitrogens with two attached hydrogens (primary N) is 1. The van der Waals surface area contributed by atoms with Crippen LogP contribution in [0, 0.1) is 0 Å². The van der Waals surface area contributed by atoms with Gasteiger partial charge in [-0.1, -0.05) is 18.1 Å². The van der Waals surface area contributed by atoms with Gasteiger partial charge in [-0.25, -0.2) is 0 Å². The van der Waals surface area contributed by atoms with Gasteiger partial charge in [-0.3, -0.25) is 0 Å². The maximum absolute atomic E-state index is 5.99. The first-order chi connectivity index (χ1) is 7.84. The van der Waals surface area contributed by atoms with Crippen LogP contribution in [0.1, 0.15) is 57.8 Å². The average Bonchev–Trinajstić information content (AvgIpc) is 2.30. The molecule has 0 saturated heterocycles. The van der Waals surface area contributed by atoms with E-state index in [4.69, 9.17) is 5.73 Å². The first-order valence-corrected chi connectivity index (χ1v) is 7.01. The highest BCUT2D eigenvalue weighted by Gasteiger charge is 2.18. The molecular weight excluding hydrogens is 196 g/mol. The maximum atomic E-state index is 5.99. The Kier molecular flexibility index (Phi) is 4.86. The highest BCUT2D eigenvalue weighted by molar-refractivity contribution is 5.05. The van der Waals surface area contributed by atoms with Crippen LogP contribution in [0.4, 0.5) is 0 Å². The zero-order valence-electron chi connectivity index (χ0n) is 10.4. The number of hydrogen-bond acceptors (Lipinski definition) is 2. The van der Waals surface area contributed by atoms with E-state index >= 15 is 0 Å². The minimum absolute atomic E-state index is 0.445. The Morgan fingerprint density at radius 1 is 1.25 bits per heavy atom. The summed E-state index contributed by atoms with van der Waals surface area (Å²) in [5.41, 5.74) is 7.67. The molecule has 0 amide bonds. The molecule has 0 aromatic rings.